The van der Waals surface area contributed by atoms with Crippen molar-refractivity contribution in [1.82, 2.24) is 4.98 Å². The summed E-state index contributed by atoms with van der Waals surface area (Å²) in [6, 6.07) is 15.8. The smallest absolute Gasteiger partial charge is 0.300 e. The molecular formula is C23H16Cl2N2O4. The quantitative estimate of drug-likeness (QED) is 0.340. The summed E-state index contributed by atoms with van der Waals surface area (Å²) >= 11 is 12.3. The van der Waals surface area contributed by atoms with Crippen LogP contribution in [-0.2, 0) is 9.59 Å². The number of ether oxygens (including phenoxy) is 1. The number of halogens is 2. The summed E-state index contributed by atoms with van der Waals surface area (Å²) in [5.74, 6) is -1.95. The van der Waals surface area contributed by atoms with Gasteiger partial charge in [0, 0.05) is 16.9 Å². The van der Waals surface area contributed by atoms with E-state index in [0.717, 1.165) is 0 Å². The zero-order valence-corrected chi connectivity index (χ0v) is 17.8. The van der Waals surface area contributed by atoms with E-state index in [2.05, 4.69) is 4.98 Å². The average molecular weight is 455 g/mol. The van der Waals surface area contributed by atoms with Crippen molar-refractivity contribution in [2.75, 3.05) is 12.0 Å². The SMILES string of the molecule is COc1c(Cl)cc(Cl)cc1/C(O)=C1\C(=O)C(=O)N(c2ccccc2)C1c1ccccn1. The van der Waals surface area contributed by atoms with E-state index in [-0.39, 0.29) is 26.9 Å². The van der Waals surface area contributed by atoms with Gasteiger partial charge in [0.1, 0.15) is 17.6 Å². The molecule has 1 aliphatic rings. The minimum absolute atomic E-state index is 0.104. The third-order valence-electron chi connectivity index (χ3n) is 4.91. The number of rotatable bonds is 4. The first kappa shape index (κ1) is 20.9. The standard InChI is InChI=1S/C23H16Cl2N2O4/c1-31-22-15(11-13(24)12-16(22)25)20(28)18-19(17-9-5-6-10-26-17)27(23(30)21(18)29)14-7-3-2-4-8-14/h2-12,19,28H,1H3/b20-18+. The van der Waals surface area contributed by atoms with E-state index in [9.17, 15) is 14.7 Å². The largest absolute Gasteiger partial charge is 0.507 e. The van der Waals surface area contributed by atoms with Gasteiger partial charge in [-0.25, -0.2) is 0 Å². The second-order valence-corrected chi connectivity index (χ2v) is 7.57. The highest BCUT2D eigenvalue weighted by Gasteiger charge is 2.47. The zero-order chi connectivity index (χ0) is 22.1. The van der Waals surface area contributed by atoms with Gasteiger partial charge in [-0.2, -0.15) is 0 Å². The molecule has 0 saturated carbocycles. The van der Waals surface area contributed by atoms with Crippen molar-refractivity contribution < 1.29 is 19.4 Å². The number of hydrogen-bond donors (Lipinski definition) is 1. The maximum atomic E-state index is 13.1. The molecule has 31 heavy (non-hydrogen) atoms. The lowest BCUT2D eigenvalue weighted by Crippen LogP contribution is -2.29. The maximum absolute atomic E-state index is 13.1. The Hall–Kier alpha value is -3.35. The summed E-state index contributed by atoms with van der Waals surface area (Å²) in [6.45, 7) is 0. The van der Waals surface area contributed by atoms with Gasteiger partial charge in [0.2, 0.25) is 0 Å². The lowest BCUT2D eigenvalue weighted by molar-refractivity contribution is -0.132. The van der Waals surface area contributed by atoms with Crippen LogP contribution in [-0.4, -0.2) is 28.9 Å². The number of aliphatic hydroxyl groups excluding tert-OH is 1. The maximum Gasteiger partial charge on any atom is 0.300 e. The van der Waals surface area contributed by atoms with Crippen LogP contribution in [0.2, 0.25) is 10.0 Å². The molecule has 0 radical (unpaired) electrons. The van der Waals surface area contributed by atoms with Gasteiger partial charge in [-0.15, -0.1) is 0 Å². The Bertz CT molecular complexity index is 1200. The molecule has 4 rings (SSSR count). The lowest BCUT2D eigenvalue weighted by atomic mass is 9.97. The van der Waals surface area contributed by atoms with Crippen molar-refractivity contribution in [1.29, 1.82) is 0 Å². The number of nitrogens with zero attached hydrogens (tertiary/aromatic N) is 2. The summed E-state index contributed by atoms with van der Waals surface area (Å²) < 4.78 is 5.32. The third kappa shape index (κ3) is 3.65. The number of aromatic nitrogens is 1. The Morgan fingerprint density at radius 2 is 1.77 bits per heavy atom. The molecule has 6 nitrogen and oxygen atoms in total. The number of para-hydroxylation sites is 1. The van der Waals surface area contributed by atoms with Gasteiger partial charge in [-0.1, -0.05) is 47.5 Å². The topological polar surface area (TPSA) is 79.7 Å². The fourth-order valence-electron chi connectivity index (χ4n) is 3.59. The molecule has 1 fully saturated rings. The summed E-state index contributed by atoms with van der Waals surface area (Å²) in [7, 11) is 1.38. The molecule has 1 atom stereocenters. The summed E-state index contributed by atoms with van der Waals surface area (Å²) in [4.78, 5) is 31.8. The van der Waals surface area contributed by atoms with Crippen LogP contribution in [0.4, 0.5) is 5.69 Å². The number of benzene rings is 2. The molecule has 1 unspecified atom stereocenters. The van der Waals surface area contributed by atoms with Crippen LogP contribution in [0.15, 0.2) is 72.4 Å². The second-order valence-electron chi connectivity index (χ2n) is 6.73. The lowest BCUT2D eigenvalue weighted by Gasteiger charge is -2.24. The average Bonchev–Trinajstić information content (AvgIpc) is 3.04. The Morgan fingerprint density at radius 3 is 2.42 bits per heavy atom. The van der Waals surface area contributed by atoms with Crippen molar-refractivity contribution >= 4 is 46.3 Å². The number of ketones is 1. The fourth-order valence-corrected chi connectivity index (χ4v) is 4.16. The van der Waals surface area contributed by atoms with Gasteiger partial charge in [0.15, 0.2) is 0 Å². The zero-order valence-electron chi connectivity index (χ0n) is 16.3. The van der Waals surface area contributed by atoms with E-state index in [4.69, 9.17) is 27.9 Å². The van der Waals surface area contributed by atoms with Crippen molar-refractivity contribution in [3.05, 3.63) is 93.7 Å². The molecule has 0 aliphatic carbocycles. The van der Waals surface area contributed by atoms with E-state index in [1.54, 1.807) is 54.7 Å². The molecule has 1 N–H and O–H groups in total. The molecule has 0 spiro atoms. The first-order valence-electron chi connectivity index (χ1n) is 9.24. The van der Waals surface area contributed by atoms with E-state index in [1.165, 1.54) is 24.1 Å². The van der Waals surface area contributed by atoms with E-state index < -0.39 is 23.5 Å². The Morgan fingerprint density at radius 1 is 1.06 bits per heavy atom. The van der Waals surface area contributed by atoms with Gasteiger partial charge in [-0.3, -0.25) is 19.5 Å². The Kier molecular flexibility index (Phi) is 5.67. The minimum atomic E-state index is -0.953. The molecule has 0 bridgehead atoms. The number of anilines is 1. The molecule has 1 saturated heterocycles. The van der Waals surface area contributed by atoms with Crippen molar-refractivity contribution in [2.24, 2.45) is 0 Å². The molecule has 3 aromatic rings. The number of carbonyl (C=O) groups is 2. The third-order valence-corrected chi connectivity index (χ3v) is 5.41. The van der Waals surface area contributed by atoms with E-state index >= 15 is 0 Å². The van der Waals surface area contributed by atoms with Gasteiger partial charge in [0.05, 0.1) is 29.0 Å². The molecule has 8 heteroatoms. The van der Waals surface area contributed by atoms with Crippen LogP contribution in [0.3, 0.4) is 0 Å². The summed E-state index contributed by atoms with van der Waals surface area (Å²) in [6.07, 6.45) is 1.55. The molecule has 1 aromatic heterocycles. The number of carbonyl (C=O) groups excluding carboxylic acids is 2. The minimum Gasteiger partial charge on any atom is -0.507 e. The van der Waals surface area contributed by atoms with Crippen LogP contribution in [0.5, 0.6) is 5.75 Å². The molecule has 156 valence electrons. The molecule has 2 heterocycles. The highest BCUT2D eigenvalue weighted by atomic mass is 35.5. The molecule has 2 aromatic carbocycles. The number of amides is 1. The number of hydrogen-bond acceptors (Lipinski definition) is 5. The van der Waals surface area contributed by atoms with Gasteiger partial charge in [-0.05, 0) is 36.4 Å². The van der Waals surface area contributed by atoms with Crippen molar-refractivity contribution in [2.45, 2.75) is 6.04 Å². The normalized spacial score (nSPS) is 17.8. The van der Waals surface area contributed by atoms with Crippen molar-refractivity contribution in [3.63, 3.8) is 0 Å². The van der Waals surface area contributed by atoms with E-state index in [1.807, 2.05) is 0 Å². The van der Waals surface area contributed by atoms with Gasteiger partial charge in [0.25, 0.3) is 11.7 Å². The molecular weight excluding hydrogens is 439 g/mol. The molecule has 1 aliphatic heterocycles. The van der Waals surface area contributed by atoms with Gasteiger partial charge >= 0.3 is 0 Å². The van der Waals surface area contributed by atoms with Crippen LogP contribution < -0.4 is 9.64 Å². The van der Waals surface area contributed by atoms with Crippen LogP contribution >= 0.6 is 23.2 Å². The van der Waals surface area contributed by atoms with Crippen LogP contribution in [0, 0.1) is 0 Å². The highest BCUT2D eigenvalue weighted by molar-refractivity contribution is 6.51. The van der Waals surface area contributed by atoms with E-state index in [0.29, 0.717) is 11.4 Å². The van der Waals surface area contributed by atoms with Crippen LogP contribution in [0.1, 0.15) is 17.3 Å². The predicted molar refractivity (Wildman–Crippen MR) is 118 cm³/mol. The second kappa shape index (κ2) is 8.41. The predicted octanol–water partition coefficient (Wildman–Crippen LogP) is 5.02. The number of Topliss-reactive ketones (excluding diaryl/α,β-unsaturated/α-hetero) is 1. The summed E-state index contributed by atoms with van der Waals surface area (Å²) in [5.41, 5.74) is 0.880. The number of methoxy groups -OCH3 is 1. The Balaban J connectivity index is 2.00. The first-order valence-corrected chi connectivity index (χ1v) is 10.00. The Labute approximate surface area is 188 Å². The summed E-state index contributed by atoms with van der Waals surface area (Å²) in [5, 5.41) is 11.6. The van der Waals surface area contributed by atoms with Crippen molar-refractivity contribution in [3.8, 4) is 5.75 Å². The fraction of sp³-hybridized carbons (Fsp3) is 0.0870. The highest BCUT2D eigenvalue weighted by Crippen LogP contribution is 2.44. The van der Waals surface area contributed by atoms with Gasteiger partial charge < -0.3 is 9.84 Å². The molecule has 1 amide bonds. The number of pyridine rings is 1. The number of aliphatic hydroxyl groups is 1. The monoisotopic (exact) mass is 454 g/mol. The first-order chi connectivity index (χ1) is 14.9. The van der Waals surface area contributed by atoms with Crippen LogP contribution in [0.25, 0.3) is 5.76 Å².